The summed E-state index contributed by atoms with van der Waals surface area (Å²) < 4.78 is 0. The van der Waals surface area contributed by atoms with E-state index in [1.54, 1.807) is 0 Å². The van der Waals surface area contributed by atoms with Crippen molar-refractivity contribution in [1.82, 2.24) is 4.98 Å². The number of rotatable bonds is 8. The van der Waals surface area contributed by atoms with Gasteiger partial charge in [0.25, 0.3) is 0 Å². The molecule has 0 amide bonds. The minimum atomic E-state index is 0.118. The molecule has 3 heteroatoms. The van der Waals surface area contributed by atoms with Crippen LogP contribution in [-0.4, -0.2) is 4.98 Å². The number of nitrogens with zero attached hydrogens (tertiary/aromatic N) is 1. The molecule has 2 atom stereocenters. The van der Waals surface area contributed by atoms with Crippen LogP contribution in [0, 0.1) is 13.8 Å². The molecule has 0 radical (unpaired) electrons. The number of nitrogens with one attached hydrogen (secondary N) is 2. The van der Waals surface area contributed by atoms with E-state index in [1.165, 1.54) is 33.6 Å². The van der Waals surface area contributed by atoms with Gasteiger partial charge in [-0.25, -0.2) is 0 Å². The second-order valence-corrected chi connectivity index (χ2v) is 9.71. The zero-order valence-electron chi connectivity index (χ0n) is 21.0. The third-order valence-corrected chi connectivity index (χ3v) is 6.08. The van der Waals surface area contributed by atoms with Crippen molar-refractivity contribution in [3.8, 4) is 0 Å². The second-order valence-electron chi connectivity index (χ2n) is 9.71. The summed E-state index contributed by atoms with van der Waals surface area (Å²) in [7, 11) is 0. The average molecular weight is 430 g/mol. The van der Waals surface area contributed by atoms with Crippen LogP contribution in [0.25, 0.3) is 0 Å². The predicted octanol–water partition coefficient (Wildman–Crippen LogP) is 8.29. The predicted molar refractivity (Wildman–Crippen MR) is 139 cm³/mol. The number of anilines is 2. The molecule has 1 heterocycles. The van der Waals surface area contributed by atoms with Gasteiger partial charge in [-0.05, 0) is 74.9 Å². The number of aromatic nitrogens is 1. The summed E-state index contributed by atoms with van der Waals surface area (Å²) in [6.45, 7) is 17.6. The second kappa shape index (κ2) is 10.2. The molecular weight excluding hydrogens is 390 g/mol. The van der Waals surface area contributed by atoms with Gasteiger partial charge in [0, 0.05) is 11.4 Å². The minimum Gasteiger partial charge on any atom is -0.377 e. The van der Waals surface area contributed by atoms with Crippen LogP contribution in [0.15, 0.2) is 54.6 Å². The SMILES string of the molecule is Cc1ccc(NC(C)c2cccc(C(C)Nc3ccc(C)cc3C(C)C)n2)c(C(C)C)c1. The lowest BCUT2D eigenvalue weighted by atomic mass is 9.98. The fraction of sp³-hybridized carbons (Fsp3) is 0.414. The first-order valence-electron chi connectivity index (χ1n) is 11.9. The Labute approximate surface area is 194 Å². The van der Waals surface area contributed by atoms with Gasteiger partial charge in [0.15, 0.2) is 0 Å². The molecule has 170 valence electrons. The van der Waals surface area contributed by atoms with Crippen molar-refractivity contribution in [3.63, 3.8) is 0 Å². The van der Waals surface area contributed by atoms with Crippen molar-refractivity contribution in [2.24, 2.45) is 0 Å². The lowest BCUT2D eigenvalue weighted by Gasteiger charge is -2.23. The average Bonchev–Trinajstić information content (AvgIpc) is 2.75. The molecule has 0 spiro atoms. The van der Waals surface area contributed by atoms with Crippen molar-refractivity contribution < 1.29 is 0 Å². The van der Waals surface area contributed by atoms with Crippen molar-refractivity contribution in [3.05, 3.63) is 88.2 Å². The molecule has 2 unspecified atom stereocenters. The van der Waals surface area contributed by atoms with Gasteiger partial charge in [-0.1, -0.05) is 69.2 Å². The highest BCUT2D eigenvalue weighted by molar-refractivity contribution is 5.56. The Bertz CT molecular complexity index is 971. The Morgan fingerprint density at radius 1 is 0.594 bits per heavy atom. The third kappa shape index (κ3) is 5.70. The van der Waals surface area contributed by atoms with Crippen LogP contribution in [0.3, 0.4) is 0 Å². The Morgan fingerprint density at radius 3 is 1.38 bits per heavy atom. The third-order valence-electron chi connectivity index (χ3n) is 6.08. The zero-order chi connectivity index (χ0) is 23.4. The summed E-state index contributed by atoms with van der Waals surface area (Å²) in [5.74, 6) is 0.940. The largest absolute Gasteiger partial charge is 0.377 e. The molecule has 3 nitrogen and oxygen atoms in total. The zero-order valence-corrected chi connectivity index (χ0v) is 21.0. The molecule has 3 rings (SSSR count). The summed E-state index contributed by atoms with van der Waals surface area (Å²) in [4.78, 5) is 5.02. The molecule has 0 saturated heterocycles. The fourth-order valence-electron chi connectivity index (χ4n) is 4.15. The Kier molecular flexibility index (Phi) is 7.60. The topological polar surface area (TPSA) is 37.0 Å². The van der Waals surface area contributed by atoms with Crippen LogP contribution >= 0.6 is 0 Å². The van der Waals surface area contributed by atoms with Gasteiger partial charge in [-0.3, -0.25) is 4.98 Å². The maximum absolute atomic E-state index is 5.02. The highest BCUT2D eigenvalue weighted by Gasteiger charge is 2.15. The monoisotopic (exact) mass is 429 g/mol. The first kappa shape index (κ1) is 23.8. The Morgan fingerprint density at radius 2 is 1.00 bits per heavy atom. The lowest BCUT2D eigenvalue weighted by molar-refractivity contribution is 0.772. The molecule has 0 aliphatic rings. The fourth-order valence-corrected chi connectivity index (χ4v) is 4.15. The molecule has 32 heavy (non-hydrogen) atoms. The maximum atomic E-state index is 5.02. The molecule has 1 aromatic heterocycles. The summed E-state index contributed by atoms with van der Waals surface area (Å²) >= 11 is 0. The quantitative estimate of drug-likeness (QED) is 0.378. The van der Waals surface area contributed by atoms with E-state index in [-0.39, 0.29) is 12.1 Å². The van der Waals surface area contributed by atoms with Crippen molar-refractivity contribution >= 4 is 11.4 Å². The van der Waals surface area contributed by atoms with E-state index in [4.69, 9.17) is 4.98 Å². The van der Waals surface area contributed by atoms with Crippen LogP contribution in [0.1, 0.15) is 99.1 Å². The number of hydrogen-bond donors (Lipinski definition) is 2. The molecule has 0 bridgehead atoms. The van der Waals surface area contributed by atoms with Crippen LogP contribution < -0.4 is 10.6 Å². The van der Waals surface area contributed by atoms with E-state index in [9.17, 15) is 0 Å². The smallest absolute Gasteiger partial charge is 0.0657 e. The van der Waals surface area contributed by atoms with E-state index in [2.05, 4.69) is 121 Å². The van der Waals surface area contributed by atoms with Crippen molar-refractivity contribution in [2.75, 3.05) is 10.6 Å². The van der Waals surface area contributed by atoms with Gasteiger partial charge in [0.05, 0.1) is 23.5 Å². The van der Waals surface area contributed by atoms with Crippen LogP contribution in [0.4, 0.5) is 11.4 Å². The van der Waals surface area contributed by atoms with Gasteiger partial charge in [-0.2, -0.15) is 0 Å². The van der Waals surface area contributed by atoms with Gasteiger partial charge in [-0.15, -0.1) is 0 Å². The first-order chi connectivity index (χ1) is 15.2. The highest BCUT2D eigenvalue weighted by Crippen LogP contribution is 2.30. The number of aryl methyl sites for hydroxylation is 2. The lowest BCUT2D eigenvalue weighted by Crippen LogP contribution is -2.15. The molecule has 0 saturated carbocycles. The maximum Gasteiger partial charge on any atom is 0.0657 e. The number of pyridine rings is 1. The van der Waals surface area contributed by atoms with E-state index in [0.29, 0.717) is 11.8 Å². The van der Waals surface area contributed by atoms with Gasteiger partial charge in [0.2, 0.25) is 0 Å². The summed E-state index contributed by atoms with van der Waals surface area (Å²) in [5, 5.41) is 7.40. The van der Waals surface area contributed by atoms with Gasteiger partial charge < -0.3 is 10.6 Å². The van der Waals surface area contributed by atoms with Crippen LogP contribution in [-0.2, 0) is 0 Å². The number of hydrogen-bond acceptors (Lipinski definition) is 3. The highest BCUT2D eigenvalue weighted by atomic mass is 15.0. The number of benzene rings is 2. The van der Waals surface area contributed by atoms with Crippen LogP contribution in [0.5, 0.6) is 0 Å². The van der Waals surface area contributed by atoms with E-state index < -0.39 is 0 Å². The Hall–Kier alpha value is -2.81. The summed E-state index contributed by atoms with van der Waals surface area (Å²) in [6.07, 6.45) is 0. The van der Waals surface area contributed by atoms with Crippen molar-refractivity contribution in [1.29, 1.82) is 0 Å². The molecule has 0 aliphatic heterocycles. The Balaban J connectivity index is 1.80. The summed E-state index contributed by atoms with van der Waals surface area (Å²) in [6, 6.07) is 19.9. The minimum absolute atomic E-state index is 0.118. The van der Waals surface area contributed by atoms with E-state index >= 15 is 0 Å². The van der Waals surface area contributed by atoms with Crippen LogP contribution in [0.2, 0.25) is 0 Å². The molecule has 0 aliphatic carbocycles. The standard InChI is InChI=1S/C29H39N3/c1-18(2)24-16-20(5)12-14-28(24)30-22(7)26-10-9-11-27(32-26)23(8)31-29-15-13-21(6)17-25(29)19(3)4/h9-19,22-23,30-31H,1-8H3. The van der Waals surface area contributed by atoms with Crippen molar-refractivity contribution in [2.45, 2.75) is 79.3 Å². The summed E-state index contributed by atoms with van der Waals surface area (Å²) in [5.41, 5.74) is 9.79. The van der Waals surface area contributed by atoms with Gasteiger partial charge >= 0.3 is 0 Å². The molecule has 2 N–H and O–H groups in total. The molecule has 3 aromatic rings. The van der Waals surface area contributed by atoms with E-state index in [0.717, 1.165) is 11.4 Å². The molecule has 0 fully saturated rings. The van der Waals surface area contributed by atoms with E-state index in [1.807, 2.05) is 0 Å². The normalized spacial score (nSPS) is 13.3. The first-order valence-corrected chi connectivity index (χ1v) is 11.9. The van der Waals surface area contributed by atoms with Gasteiger partial charge in [0.1, 0.15) is 0 Å². The molecule has 2 aromatic carbocycles. The molecular formula is C29H39N3.